The molecule has 0 aliphatic heterocycles. The molecule has 4 rings (SSSR count). The normalized spacial score (nSPS) is 11.3. The summed E-state index contributed by atoms with van der Waals surface area (Å²) >= 11 is 1.53. The van der Waals surface area contributed by atoms with E-state index in [0.717, 1.165) is 15.2 Å². The van der Waals surface area contributed by atoms with Gasteiger partial charge in [-0.3, -0.25) is 0 Å². The molecule has 0 aliphatic carbocycles. The number of hydrogen-bond acceptors (Lipinski definition) is 3. The summed E-state index contributed by atoms with van der Waals surface area (Å²) in [7, 11) is 0. The predicted octanol–water partition coefficient (Wildman–Crippen LogP) is 4.14. The Kier molecular flexibility index (Phi) is 3.12. The summed E-state index contributed by atoms with van der Waals surface area (Å²) in [5.41, 5.74) is 1.71. The highest BCUT2D eigenvalue weighted by Gasteiger charge is 2.16. The van der Waals surface area contributed by atoms with Crippen LogP contribution < -0.4 is 0 Å². The van der Waals surface area contributed by atoms with Crippen LogP contribution in [0, 0.1) is 5.82 Å². The SMILES string of the molecule is O=C(O)c1cc2cc(F)ccc2n1Cc1nc2ccccc2s1. The van der Waals surface area contributed by atoms with Gasteiger partial charge in [0.2, 0.25) is 0 Å². The maximum Gasteiger partial charge on any atom is 0.352 e. The molecule has 0 aliphatic rings. The van der Waals surface area contributed by atoms with Crippen molar-refractivity contribution < 1.29 is 14.3 Å². The molecule has 0 radical (unpaired) electrons. The number of thiazole rings is 1. The van der Waals surface area contributed by atoms with Crippen LogP contribution in [0.1, 0.15) is 15.5 Å². The predicted molar refractivity (Wildman–Crippen MR) is 87.6 cm³/mol. The van der Waals surface area contributed by atoms with Gasteiger partial charge in [0, 0.05) is 10.9 Å². The van der Waals surface area contributed by atoms with Gasteiger partial charge >= 0.3 is 5.97 Å². The molecule has 6 heteroatoms. The van der Waals surface area contributed by atoms with Gasteiger partial charge in [0.25, 0.3) is 0 Å². The molecule has 0 fully saturated rings. The van der Waals surface area contributed by atoms with Crippen molar-refractivity contribution >= 4 is 38.4 Å². The molecule has 2 aromatic carbocycles. The second-order valence-corrected chi connectivity index (χ2v) is 6.31. The van der Waals surface area contributed by atoms with Crippen molar-refractivity contribution in [2.75, 3.05) is 0 Å². The van der Waals surface area contributed by atoms with Gasteiger partial charge in [-0.1, -0.05) is 12.1 Å². The zero-order valence-electron chi connectivity index (χ0n) is 11.9. The van der Waals surface area contributed by atoms with Crippen LogP contribution in [0.25, 0.3) is 21.1 Å². The van der Waals surface area contributed by atoms with E-state index >= 15 is 0 Å². The third kappa shape index (κ3) is 2.37. The Hall–Kier alpha value is -2.73. The molecule has 0 saturated carbocycles. The van der Waals surface area contributed by atoms with Crippen molar-refractivity contribution in [2.45, 2.75) is 6.54 Å². The number of carbonyl (C=O) groups is 1. The number of aromatic nitrogens is 2. The van der Waals surface area contributed by atoms with E-state index < -0.39 is 5.97 Å². The van der Waals surface area contributed by atoms with Crippen LogP contribution in [0.15, 0.2) is 48.5 Å². The summed E-state index contributed by atoms with van der Waals surface area (Å²) in [4.78, 5) is 16.1. The lowest BCUT2D eigenvalue weighted by Crippen LogP contribution is -2.09. The van der Waals surface area contributed by atoms with Gasteiger partial charge in [0.1, 0.15) is 16.5 Å². The van der Waals surface area contributed by atoms with E-state index in [1.807, 2.05) is 24.3 Å². The maximum absolute atomic E-state index is 13.4. The number of aromatic carboxylic acids is 1. The van der Waals surface area contributed by atoms with Crippen molar-refractivity contribution in [3.05, 3.63) is 65.0 Å². The first-order chi connectivity index (χ1) is 11.1. The minimum Gasteiger partial charge on any atom is -0.477 e. The molecule has 0 atom stereocenters. The molecule has 114 valence electrons. The number of nitrogens with zero attached hydrogens (tertiary/aromatic N) is 2. The van der Waals surface area contributed by atoms with Crippen molar-refractivity contribution in [3.8, 4) is 0 Å². The van der Waals surface area contributed by atoms with Crippen LogP contribution in [0.5, 0.6) is 0 Å². The summed E-state index contributed by atoms with van der Waals surface area (Å²) in [5.74, 6) is -1.42. The average Bonchev–Trinajstić information content (AvgIpc) is 3.08. The van der Waals surface area contributed by atoms with Crippen LogP contribution in [-0.2, 0) is 6.54 Å². The van der Waals surface area contributed by atoms with Crippen molar-refractivity contribution in [3.63, 3.8) is 0 Å². The van der Waals surface area contributed by atoms with Gasteiger partial charge < -0.3 is 9.67 Å². The Labute approximate surface area is 134 Å². The lowest BCUT2D eigenvalue weighted by atomic mass is 10.2. The first-order valence-electron chi connectivity index (χ1n) is 6.98. The smallest absolute Gasteiger partial charge is 0.352 e. The molecular formula is C17H11FN2O2S. The van der Waals surface area contributed by atoms with Crippen LogP contribution in [0.2, 0.25) is 0 Å². The Bertz CT molecular complexity index is 1020. The minimum atomic E-state index is -1.04. The molecule has 4 nitrogen and oxygen atoms in total. The quantitative estimate of drug-likeness (QED) is 0.616. The summed E-state index contributed by atoms with van der Waals surface area (Å²) in [5, 5.41) is 10.8. The van der Waals surface area contributed by atoms with Crippen LogP contribution in [0.3, 0.4) is 0 Å². The van der Waals surface area contributed by atoms with E-state index in [-0.39, 0.29) is 11.5 Å². The lowest BCUT2D eigenvalue weighted by Gasteiger charge is -2.06. The number of fused-ring (bicyclic) bond motifs is 2. The van der Waals surface area contributed by atoms with E-state index in [0.29, 0.717) is 17.4 Å². The van der Waals surface area contributed by atoms with E-state index in [2.05, 4.69) is 4.98 Å². The second-order valence-electron chi connectivity index (χ2n) is 5.20. The second kappa shape index (κ2) is 5.17. The van der Waals surface area contributed by atoms with Crippen LogP contribution >= 0.6 is 11.3 Å². The molecule has 1 N–H and O–H groups in total. The Morgan fingerprint density at radius 2 is 2.04 bits per heavy atom. The molecule has 0 amide bonds. The molecular weight excluding hydrogens is 315 g/mol. The molecule has 0 spiro atoms. The van der Waals surface area contributed by atoms with Gasteiger partial charge in [0.05, 0.1) is 16.8 Å². The number of carboxylic acid groups (broad SMARTS) is 1. The number of para-hydroxylation sites is 1. The van der Waals surface area contributed by atoms with Crippen molar-refractivity contribution in [2.24, 2.45) is 0 Å². The van der Waals surface area contributed by atoms with Crippen molar-refractivity contribution in [1.29, 1.82) is 0 Å². The van der Waals surface area contributed by atoms with Gasteiger partial charge in [0.15, 0.2) is 0 Å². The highest BCUT2D eigenvalue weighted by molar-refractivity contribution is 7.18. The fourth-order valence-electron chi connectivity index (χ4n) is 2.71. The minimum absolute atomic E-state index is 0.129. The monoisotopic (exact) mass is 326 g/mol. The number of rotatable bonds is 3. The van der Waals surface area contributed by atoms with Crippen molar-refractivity contribution in [1.82, 2.24) is 9.55 Å². The molecule has 2 aromatic heterocycles. The highest BCUT2D eigenvalue weighted by Crippen LogP contribution is 2.26. The fourth-order valence-corrected chi connectivity index (χ4v) is 3.67. The number of halogens is 1. The van der Waals surface area contributed by atoms with Gasteiger partial charge in [-0.2, -0.15) is 0 Å². The topological polar surface area (TPSA) is 55.1 Å². The Morgan fingerprint density at radius 1 is 1.22 bits per heavy atom. The average molecular weight is 326 g/mol. The van der Waals surface area contributed by atoms with Crippen LogP contribution in [-0.4, -0.2) is 20.6 Å². The third-order valence-electron chi connectivity index (χ3n) is 3.71. The number of hydrogen-bond donors (Lipinski definition) is 1. The third-order valence-corrected chi connectivity index (χ3v) is 4.74. The first-order valence-corrected chi connectivity index (χ1v) is 7.80. The van der Waals surface area contributed by atoms with Gasteiger partial charge in [-0.25, -0.2) is 14.2 Å². The molecule has 0 unspecified atom stereocenters. The summed E-state index contributed by atoms with van der Waals surface area (Å²) < 4.78 is 16.1. The molecule has 0 saturated heterocycles. The largest absolute Gasteiger partial charge is 0.477 e. The van der Waals surface area contributed by atoms with E-state index in [1.54, 1.807) is 10.6 Å². The summed E-state index contributed by atoms with van der Waals surface area (Å²) in [6.45, 7) is 0.343. The maximum atomic E-state index is 13.4. The molecule has 4 aromatic rings. The van der Waals surface area contributed by atoms with E-state index in [1.165, 1.54) is 29.5 Å². The highest BCUT2D eigenvalue weighted by atomic mass is 32.1. The van der Waals surface area contributed by atoms with E-state index in [9.17, 15) is 14.3 Å². The standard InChI is InChI=1S/C17H11FN2O2S/c18-11-5-6-13-10(7-11)8-14(17(21)22)20(13)9-16-19-12-3-1-2-4-15(12)23-16/h1-8H,9H2,(H,21,22). The molecule has 23 heavy (non-hydrogen) atoms. The summed E-state index contributed by atoms with van der Waals surface area (Å²) in [6, 6.07) is 13.6. The Balaban J connectivity index is 1.86. The lowest BCUT2D eigenvalue weighted by molar-refractivity contribution is 0.0686. The van der Waals surface area contributed by atoms with Gasteiger partial charge in [-0.15, -0.1) is 11.3 Å². The van der Waals surface area contributed by atoms with Gasteiger partial charge in [-0.05, 0) is 36.4 Å². The summed E-state index contributed by atoms with van der Waals surface area (Å²) in [6.07, 6.45) is 0. The first kappa shape index (κ1) is 13.9. The molecule has 0 bridgehead atoms. The van der Waals surface area contributed by atoms with E-state index in [4.69, 9.17) is 0 Å². The Morgan fingerprint density at radius 3 is 2.83 bits per heavy atom. The fraction of sp³-hybridized carbons (Fsp3) is 0.0588. The number of carboxylic acids is 1. The molecule has 2 heterocycles. The van der Waals surface area contributed by atoms with Crippen LogP contribution in [0.4, 0.5) is 4.39 Å². The zero-order chi connectivity index (χ0) is 16.0. The number of benzene rings is 2. The zero-order valence-corrected chi connectivity index (χ0v) is 12.7.